The second kappa shape index (κ2) is 7.28. The number of benzene rings is 1. The topological polar surface area (TPSA) is 59.8 Å². The summed E-state index contributed by atoms with van der Waals surface area (Å²) in [6.07, 6.45) is 3.35. The molecule has 0 aliphatic rings. The number of hydrogen-bond acceptors (Lipinski definition) is 4. The van der Waals surface area contributed by atoms with E-state index >= 15 is 0 Å². The summed E-state index contributed by atoms with van der Waals surface area (Å²) < 4.78 is 2.23. The molecular weight excluding hydrogens is 308 g/mol. The number of rotatable bonds is 6. The normalized spacial score (nSPS) is 10.8. The summed E-state index contributed by atoms with van der Waals surface area (Å²) in [5, 5.41) is 4.80. The molecule has 0 atom stereocenters. The Kier molecular flexibility index (Phi) is 4.92. The summed E-state index contributed by atoms with van der Waals surface area (Å²) in [7, 11) is 0. The van der Waals surface area contributed by atoms with Crippen molar-refractivity contribution in [1.29, 1.82) is 0 Å². The first kappa shape index (κ1) is 15.6. The van der Waals surface area contributed by atoms with E-state index in [1.807, 2.05) is 12.1 Å². The van der Waals surface area contributed by atoms with Crippen LogP contribution < -0.4 is 5.32 Å². The van der Waals surface area contributed by atoms with Gasteiger partial charge >= 0.3 is 0 Å². The first-order valence-electron chi connectivity index (χ1n) is 7.45. The fraction of sp³-hybridized carbons (Fsp3) is 0.235. The van der Waals surface area contributed by atoms with E-state index in [-0.39, 0.29) is 5.91 Å². The number of nitrogens with zero attached hydrogens (tertiary/aromatic N) is 3. The Morgan fingerprint density at radius 1 is 1.22 bits per heavy atom. The van der Waals surface area contributed by atoms with Gasteiger partial charge in [-0.1, -0.05) is 30.0 Å². The summed E-state index contributed by atoms with van der Waals surface area (Å²) in [4.78, 5) is 20.1. The number of amides is 1. The average Bonchev–Trinajstić information content (AvgIpc) is 2.90. The summed E-state index contributed by atoms with van der Waals surface area (Å²) >= 11 is 1.34. The van der Waals surface area contributed by atoms with E-state index < -0.39 is 0 Å². The molecular formula is C17H18N4OS. The smallest absolute Gasteiger partial charge is 0.230 e. The lowest BCUT2D eigenvalue weighted by Gasteiger charge is -2.09. The number of fused-ring (bicyclic) bond motifs is 1. The van der Waals surface area contributed by atoms with Crippen molar-refractivity contribution in [3.8, 4) is 0 Å². The number of carbonyl (C=O) groups excluding carboxylic acids is 1. The number of thioether (sulfide) groups is 1. The summed E-state index contributed by atoms with van der Waals surface area (Å²) in [6, 6.07) is 12.2. The van der Waals surface area contributed by atoms with Crippen molar-refractivity contribution in [2.24, 2.45) is 0 Å². The zero-order chi connectivity index (χ0) is 16.1. The first-order valence-corrected chi connectivity index (χ1v) is 8.44. The van der Waals surface area contributed by atoms with E-state index in [2.05, 4.69) is 45.0 Å². The SMILES string of the molecule is Cc1cc2ccccc2n1CCNC(=O)CSc1ncccn1. The number of aromatic nitrogens is 3. The van der Waals surface area contributed by atoms with Crippen molar-refractivity contribution in [2.75, 3.05) is 12.3 Å². The standard InChI is InChI=1S/C17H18N4OS/c1-13-11-14-5-2-3-6-15(14)21(13)10-9-18-16(22)12-23-17-19-7-4-8-20-17/h2-8,11H,9-10,12H2,1H3,(H,18,22). The van der Waals surface area contributed by atoms with Crippen molar-refractivity contribution in [3.63, 3.8) is 0 Å². The van der Waals surface area contributed by atoms with Crippen LogP contribution in [0.2, 0.25) is 0 Å². The van der Waals surface area contributed by atoms with Crippen molar-refractivity contribution in [1.82, 2.24) is 19.9 Å². The molecule has 0 saturated carbocycles. The lowest BCUT2D eigenvalue weighted by molar-refractivity contribution is -0.118. The quantitative estimate of drug-likeness (QED) is 0.559. The monoisotopic (exact) mass is 326 g/mol. The van der Waals surface area contributed by atoms with Crippen LogP contribution >= 0.6 is 11.8 Å². The maximum atomic E-state index is 11.9. The maximum absolute atomic E-state index is 11.9. The third-order valence-corrected chi connectivity index (χ3v) is 4.43. The number of para-hydroxylation sites is 1. The Morgan fingerprint density at radius 2 is 2.00 bits per heavy atom. The fourth-order valence-electron chi connectivity index (χ4n) is 2.49. The molecule has 3 rings (SSSR count). The molecule has 0 spiro atoms. The predicted octanol–water partition coefficient (Wildman–Crippen LogP) is 2.65. The highest BCUT2D eigenvalue weighted by molar-refractivity contribution is 7.99. The van der Waals surface area contributed by atoms with Gasteiger partial charge in [-0.25, -0.2) is 9.97 Å². The van der Waals surface area contributed by atoms with E-state index in [0.717, 1.165) is 6.54 Å². The number of nitrogens with one attached hydrogen (secondary N) is 1. The van der Waals surface area contributed by atoms with Gasteiger partial charge in [-0.2, -0.15) is 0 Å². The maximum Gasteiger partial charge on any atom is 0.230 e. The first-order chi connectivity index (χ1) is 11.2. The average molecular weight is 326 g/mol. The highest BCUT2D eigenvalue weighted by Gasteiger charge is 2.07. The molecule has 0 aliphatic carbocycles. The molecule has 1 amide bonds. The Hall–Kier alpha value is -2.34. The van der Waals surface area contributed by atoms with Gasteiger partial charge in [-0.05, 0) is 30.5 Å². The van der Waals surface area contributed by atoms with Crippen LogP contribution in [0, 0.1) is 6.92 Å². The number of aryl methyl sites for hydroxylation is 1. The van der Waals surface area contributed by atoms with Gasteiger partial charge < -0.3 is 9.88 Å². The van der Waals surface area contributed by atoms with Gasteiger partial charge in [0.05, 0.1) is 5.75 Å². The van der Waals surface area contributed by atoms with E-state index in [1.165, 1.54) is 28.4 Å². The Morgan fingerprint density at radius 3 is 2.83 bits per heavy atom. The van der Waals surface area contributed by atoms with Crippen LogP contribution in [0.5, 0.6) is 0 Å². The van der Waals surface area contributed by atoms with Gasteiger partial charge in [0, 0.05) is 36.7 Å². The minimum atomic E-state index is -0.00318. The summed E-state index contributed by atoms with van der Waals surface area (Å²) in [6.45, 7) is 3.45. The van der Waals surface area contributed by atoms with Crippen LogP contribution in [0.15, 0.2) is 53.9 Å². The molecule has 2 aromatic heterocycles. The molecule has 118 valence electrons. The van der Waals surface area contributed by atoms with E-state index in [1.54, 1.807) is 18.5 Å². The van der Waals surface area contributed by atoms with Gasteiger partial charge in [0.2, 0.25) is 5.91 Å². The molecule has 0 bridgehead atoms. The van der Waals surface area contributed by atoms with Crippen LogP contribution in [0.1, 0.15) is 5.69 Å². The Balaban J connectivity index is 1.50. The summed E-state index contributed by atoms with van der Waals surface area (Å²) in [5.41, 5.74) is 2.40. The van der Waals surface area contributed by atoms with Gasteiger partial charge in [-0.15, -0.1) is 0 Å². The third kappa shape index (κ3) is 3.90. The Bertz CT molecular complexity index is 801. The highest BCUT2D eigenvalue weighted by Crippen LogP contribution is 2.18. The van der Waals surface area contributed by atoms with Crippen LogP contribution in [0.4, 0.5) is 0 Å². The van der Waals surface area contributed by atoms with Crippen molar-refractivity contribution in [3.05, 3.63) is 54.5 Å². The number of hydrogen-bond donors (Lipinski definition) is 1. The zero-order valence-electron chi connectivity index (χ0n) is 12.9. The second-order valence-corrected chi connectivity index (χ2v) is 6.11. The third-order valence-electron chi connectivity index (χ3n) is 3.55. The molecule has 3 aromatic rings. The van der Waals surface area contributed by atoms with E-state index in [0.29, 0.717) is 17.5 Å². The van der Waals surface area contributed by atoms with Crippen LogP contribution in [0.25, 0.3) is 10.9 Å². The van der Waals surface area contributed by atoms with E-state index in [4.69, 9.17) is 0 Å². The van der Waals surface area contributed by atoms with Gasteiger partial charge in [0.25, 0.3) is 0 Å². The second-order valence-electron chi connectivity index (χ2n) is 5.17. The molecule has 2 heterocycles. The zero-order valence-corrected chi connectivity index (χ0v) is 13.7. The molecule has 23 heavy (non-hydrogen) atoms. The lowest BCUT2D eigenvalue weighted by atomic mass is 10.2. The Labute approximate surface area is 139 Å². The molecule has 0 fully saturated rings. The van der Waals surface area contributed by atoms with Crippen LogP contribution in [0.3, 0.4) is 0 Å². The highest BCUT2D eigenvalue weighted by atomic mass is 32.2. The van der Waals surface area contributed by atoms with Crippen molar-refractivity contribution < 1.29 is 4.79 Å². The minimum Gasteiger partial charge on any atom is -0.354 e. The molecule has 6 heteroatoms. The number of carbonyl (C=O) groups is 1. The van der Waals surface area contributed by atoms with Crippen molar-refractivity contribution in [2.45, 2.75) is 18.6 Å². The van der Waals surface area contributed by atoms with Gasteiger partial charge in [0.1, 0.15) is 0 Å². The summed E-state index contributed by atoms with van der Waals surface area (Å²) in [5.74, 6) is 0.326. The molecule has 0 aliphatic heterocycles. The largest absolute Gasteiger partial charge is 0.354 e. The molecule has 0 unspecified atom stereocenters. The van der Waals surface area contributed by atoms with Crippen molar-refractivity contribution >= 4 is 28.6 Å². The molecule has 1 N–H and O–H groups in total. The fourth-order valence-corrected chi connectivity index (χ4v) is 3.13. The van der Waals surface area contributed by atoms with Gasteiger partial charge in [0.15, 0.2) is 5.16 Å². The molecule has 1 aromatic carbocycles. The van der Waals surface area contributed by atoms with Gasteiger partial charge in [-0.3, -0.25) is 4.79 Å². The minimum absolute atomic E-state index is 0.00318. The molecule has 0 saturated heterocycles. The predicted molar refractivity (Wildman–Crippen MR) is 92.4 cm³/mol. The lowest BCUT2D eigenvalue weighted by Crippen LogP contribution is -2.28. The molecule has 5 nitrogen and oxygen atoms in total. The van der Waals surface area contributed by atoms with Crippen LogP contribution in [-0.4, -0.2) is 32.7 Å². The van der Waals surface area contributed by atoms with E-state index in [9.17, 15) is 4.79 Å². The van der Waals surface area contributed by atoms with Crippen LogP contribution in [-0.2, 0) is 11.3 Å². The molecule has 0 radical (unpaired) electrons.